The summed E-state index contributed by atoms with van der Waals surface area (Å²) in [7, 11) is 3.95. The van der Waals surface area contributed by atoms with Gasteiger partial charge in [-0.25, -0.2) is 4.39 Å². The van der Waals surface area contributed by atoms with Crippen molar-refractivity contribution in [1.29, 1.82) is 0 Å². The van der Waals surface area contributed by atoms with Crippen LogP contribution in [0.4, 0.5) is 4.39 Å². The molecule has 4 nitrogen and oxygen atoms in total. The molecule has 1 aromatic carbocycles. The number of hydrogen-bond acceptors (Lipinski definition) is 4. The number of fused-ring (bicyclic) bond motifs is 3. The van der Waals surface area contributed by atoms with E-state index < -0.39 is 5.67 Å². The Morgan fingerprint density at radius 2 is 2.00 bits per heavy atom. The summed E-state index contributed by atoms with van der Waals surface area (Å²) in [5.41, 5.74) is 1.67. The molecule has 5 heteroatoms. The smallest absolute Gasteiger partial charge is 0.161 e. The van der Waals surface area contributed by atoms with Crippen molar-refractivity contribution in [3.05, 3.63) is 23.3 Å². The summed E-state index contributed by atoms with van der Waals surface area (Å²) in [6, 6.07) is 5.36. The maximum Gasteiger partial charge on any atom is 0.161 e. The van der Waals surface area contributed by atoms with Crippen LogP contribution in [0.5, 0.6) is 11.5 Å². The fraction of sp³-hybridized carbons (Fsp3) is 0.739. The highest BCUT2D eigenvalue weighted by atomic mass is 19.1. The van der Waals surface area contributed by atoms with Gasteiger partial charge < -0.3 is 14.4 Å². The van der Waals surface area contributed by atoms with Crippen LogP contribution in [0.3, 0.4) is 0 Å². The molecule has 0 spiro atoms. The number of methoxy groups -OCH3 is 1. The summed E-state index contributed by atoms with van der Waals surface area (Å²) in [5, 5.41) is 0. The average molecular weight is 391 g/mol. The van der Waals surface area contributed by atoms with Crippen LogP contribution in [0.25, 0.3) is 0 Å². The molecule has 156 valence electrons. The van der Waals surface area contributed by atoms with Crippen molar-refractivity contribution in [3.63, 3.8) is 0 Å². The largest absolute Gasteiger partial charge is 0.493 e. The first-order valence-corrected chi connectivity index (χ1v) is 10.7. The Kier molecular flexibility index (Phi) is 5.34. The van der Waals surface area contributed by atoms with Crippen LogP contribution in [0.2, 0.25) is 0 Å². The van der Waals surface area contributed by atoms with E-state index in [0.29, 0.717) is 25.1 Å². The Hall–Kier alpha value is -1.33. The number of benzene rings is 1. The highest BCUT2D eigenvalue weighted by molar-refractivity contribution is 5.50. The third kappa shape index (κ3) is 3.88. The van der Waals surface area contributed by atoms with Crippen molar-refractivity contribution >= 4 is 0 Å². The molecule has 2 aliphatic heterocycles. The highest BCUT2D eigenvalue weighted by Crippen LogP contribution is 2.47. The summed E-state index contributed by atoms with van der Waals surface area (Å²) in [5.74, 6) is 2.26. The van der Waals surface area contributed by atoms with E-state index in [4.69, 9.17) is 9.47 Å². The lowest BCUT2D eigenvalue weighted by molar-refractivity contribution is 0.0294. The summed E-state index contributed by atoms with van der Waals surface area (Å²) in [6.07, 6.45) is 2.88. The van der Waals surface area contributed by atoms with Gasteiger partial charge in [-0.1, -0.05) is 13.8 Å². The quantitative estimate of drug-likeness (QED) is 0.731. The third-order valence-electron chi connectivity index (χ3n) is 6.94. The first-order chi connectivity index (χ1) is 13.3. The van der Waals surface area contributed by atoms with Crippen LogP contribution in [0, 0.1) is 11.8 Å². The van der Waals surface area contributed by atoms with E-state index in [2.05, 4.69) is 42.8 Å². The lowest BCUT2D eigenvalue weighted by atomic mass is 9.88. The van der Waals surface area contributed by atoms with Gasteiger partial charge >= 0.3 is 0 Å². The number of rotatable bonds is 6. The fourth-order valence-electron chi connectivity index (χ4n) is 4.94. The van der Waals surface area contributed by atoms with Crippen molar-refractivity contribution in [2.75, 3.05) is 40.4 Å². The molecule has 4 unspecified atom stereocenters. The van der Waals surface area contributed by atoms with Gasteiger partial charge in [-0.05, 0) is 62.4 Å². The molecule has 2 fully saturated rings. The predicted molar refractivity (Wildman–Crippen MR) is 110 cm³/mol. The Morgan fingerprint density at radius 3 is 2.64 bits per heavy atom. The van der Waals surface area contributed by atoms with E-state index in [-0.39, 0.29) is 5.92 Å². The lowest BCUT2D eigenvalue weighted by Gasteiger charge is -2.48. The first-order valence-electron chi connectivity index (χ1n) is 10.7. The molecule has 28 heavy (non-hydrogen) atoms. The van der Waals surface area contributed by atoms with Crippen molar-refractivity contribution in [2.45, 2.75) is 57.8 Å². The molecule has 4 atom stereocenters. The Balaban J connectivity index is 1.52. The van der Waals surface area contributed by atoms with Crippen LogP contribution >= 0.6 is 0 Å². The Bertz CT molecular complexity index is 721. The van der Waals surface area contributed by atoms with E-state index >= 15 is 0 Å². The minimum absolute atomic E-state index is 0.00798. The molecule has 1 aromatic rings. The summed E-state index contributed by atoms with van der Waals surface area (Å²) < 4.78 is 25.5. The number of alkyl halides is 1. The molecule has 2 heterocycles. The fourth-order valence-corrected chi connectivity index (χ4v) is 4.94. The molecule has 0 radical (unpaired) electrons. The maximum atomic E-state index is 13.8. The van der Waals surface area contributed by atoms with Gasteiger partial charge in [0.05, 0.1) is 13.7 Å². The van der Waals surface area contributed by atoms with Crippen LogP contribution in [-0.4, -0.2) is 61.9 Å². The molecular formula is C23H35FN2O2. The number of halogens is 1. The van der Waals surface area contributed by atoms with E-state index in [0.717, 1.165) is 43.5 Å². The van der Waals surface area contributed by atoms with Crippen molar-refractivity contribution in [2.24, 2.45) is 11.8 Å². The van der Waals surface area contributed by atoms with E-state index in [1.54, 1.807) is 14.0 Å². The highest BCUT2D eigenvalue weighted by Gasteiger charge is 2.51. The average Bonchev–Trinajstić information content (AvgIpc) is 3.26. The van der Waals surface area contributed by atoms with Gasteiger partial charge in [0, 0.05) is 37.6 Å². The molecule has 0 N–H and O–H groups in total. The minimum Gasteiger partial charge on any atom is -0.493 e. The maximum absolute atomic E-state index is 13.8. The molecule has 1 saturated carbocycles. The first kappa shape index (κ1) is 20.0. The minimum atomic E-state index is -1.05. The zero-order valence-electron chi connectivity index (χ0n) is 18.0. The number of ether oxygens (including phenoxy) is 2. The van der Waals surface area contributed by atoms with Gasteiger partial charge in [-0.3, -0.25) is 4.90 Å². The normalized spacial score (nSPS) is 32.8. The monoisotopic (exact) mass is 390 g/mol. The van der Waals surface area contributed by atoms with Crippen LogP contribution in [0.1, 0.15) is 50.8 Å². The summed E-state index contributed by atoms with van der Waals surface area (Å²) >= 11 is 0. The topological polar surface area (TPSA) is 24.9 Å². The molecule has 1 aliphatic carbocycles. The molecule has 1 saturated heterocycles. The second-order valence-corrected chi connectivity index (χ2v) is 9.68. The van der Waals surface area contributed by atoms with Gasteiger partial charge in [-0.15, -0.1) is 0 Å². The summed E-state index contributed by atoms with van der Waals surface area (Å²) in [4.78, 5) is 5.18. The molecule has 0 bridgehead atoms. The molecular weight excluding hydrogens is 355 g/mol. The van der Waals surface area contributed by atoms with E-state index in [1.807, 2.05) is 0 Å². The molecule has 3 aliphatic rings. The molecule has 4 rings (SSSR count). The van der Waals surface area contributed by atoms with Crippen molar-refractivity contribution in [1.82, 2.24) is 9.80 Å². The third-order valence-corrected chi connectivity index (χ3v) is 6.94. The van der Waals surface area contributed by atoms with Crippen molar-refractivity contribution in [3.8, 4) is 11.5 Å². The van der Waals surface area contributed by atoms with Gasteiger partial charge in [0.2, 0.25) is 0 Å². The van der Waals surface area contributed by atoms with Crippen molar-refractivity contribution < 1.29 is 13.9 Å². The second-order valence-electron chi connectivity index (χ2n) is 9.68. The number of nitrogens with zero attached hydrogens (tertiary/aromatic N) is 2. The van der Waals surface area contributed by atoms with Crippen LogP contribution in [0.15, 0.2) is 12.1 Å². The van der Waals surface area contributed by atoms with Gasteiger partial charge in [0.25, 0.3) is 0 Å². The van der Waals surface area contributed by atoms with Crippen LogP contribution < -0.4 is 9.47 Å². The Labute approximate surface area is 169 Å². The van der Waals surface area contributed by atoms with E-state index in [9.17, 15) is 4.39 Å². The number of likely N-dealkylation sites (N-methyl/N-ethyl adjacent to an activating group) is 1. The standard InChI is InChI=1S/C23H35FN2O2/c1-15(2)8-18-12-26-7-6-16-9-22(28-14-17-11-23(17,3)24)21(27-5)10-19(16)20(26)13-25(18)4/h9-10,15,17-18,20H,6-8,11-14H2,1-5H3. The number of piperazine rings is 1. The molecule has 0 amide bonds. The van der Waals surface area contributed by atoms with E-state index in [1.165, 1.54) is 17.5 Å². The van der Waals surface area contributed by atoms with Crippen LogP contribution in [-0.2, 0) is 6.42 Å². The zero-order valence-corrected chi connectivity index (χ0v) is 18.0. The van der Waals surface area contributed by atoms with Gasteiger partial charge in [-0.2, -0.15) is 0 Å². The zero-order chi connectivity index (χ0) is 20.1. The Morgan fingerprint density at radius 1 is 1.25 bits per heavy atom. The van der Waals surface area contributed by atoms with Gasteiger partial charge in [0.1, 0.15) is 5.67 Å². The predicted octanol–water partition coefficient (Wildman–Crippen LogP) is 4.08. The lowest BCUT2D eigenvalue weighted by Crippen LogP contribution is -2.55. The summed E-state index contributed by atoms with van der Waals surface area (Å²) in [6.45, 7) is 9.99. The van der Waals surface area contributed by atoms with Gasteiger partial charge in [0.15, 0.2) is 11.5 Å². The SMILES string of the molecule is COc1cc2c(cc1OCC1CC1(C)F)CCN1CC(CC(C)C)N(C)CC21. The number of hydrogen-bond donors (Lipinski definition) is 0. The molecule has 0 aromatic heterocycles. The second kappa shape index (κ2) is 7.49.